The van der Waals surface area contributed by atoms with Crippen LogP contribution in [0.15, 0.2) is 133 Å². The summed E-state index contributed by atoms with van der Waals surface area (Å²) >= 11 is 0. The van der Waals surface area contributed by atoms with Gasteiger partial charge in [0.25, 0.3) is 0 Å². The van der Waals surface area contributed by atoms with Crippen molar-refractivity contribution >= 4 is 40.6 Å². The van der Waals surface area contributed by atoms with Crippen LogP contribution in [0, 0.1) is 0 Å². The van der Waals surface area contributed by atoms with Crippen LogP contribution in [0.3, 0.4) is 0 Å². The Kier molecular flexibility index (Phi) is 9.29. The summed E-state index contributed by atoms with van der Waals surface area (Å²) in [6.07, 6.45) is 1.20. The number of hydrogen-bond donors (Lipinski definition) is 0. The zero-order valence-corrected chi connectivity index (χ0v) is 24.0. The summed E-state index contributed by atoms with van der Waals surface area (Å²) in [5.41, 5.74) is 7.10. The first-order valence-electron chi connectivity index (χ1n) is 13.8. The molecule has 0 radical (unpaired) electrons. The maximum absolute atomic E-state index is 11.9. The lowest BCUT2D eigenvalue weighted by molar-refractivity contribution is -0.120. The van der Waals surface area contributed by atoms with Crippen LogP contribution in [-0.4, -0.2) is 25.7 Å². The molecule has 0 aliphatic rings. The second-order valence-corrected chi connectivity index (χ2v) is 9.75. The number of hydrogen-bond acceptors (Lipinski definition) is 6. The monoisotopic (exact) mass is 569 g/mol. The van der Waals surface area contributed by atoms with Crippen LogP contribution in [-0.2, 0) is 9.53 Å². The van der Waals surface area contributed by atoms with Gasteiger partial charge in [0.15, 0.2) is 12.4 Å². The van der Waals surface area contributed by atoms with Crippen molar-refractivity contribution in [3.63, 3.8) is 0 Å². The Morgan fingerprint density at radius 2 is 1.12 bits per heavy atom. The molecular weight excluding hydrogens is 538 g/mol. The average Bonchev–Trinajstić information content (AvgIpc) is 3.05. The number of methoxy groups -OCH3 is 1. The third kappa shape index (κ3) is 7.57. The third-order valence-electron chi connectivity index (χ3n) is 6.65. The molecule has 0 unspecified atom stereocenters. The summed E-state index contributed by atoms with van der Waals surface area (Å²) < 4.78 is 15.4. The SMILES string of the molecule is COc1ccc(C(=Cc2ccc(N(c3ccccc3)c3ccccc3)cc2)c2ccc(OC(=O)OCC(C)=O)cc2)cc1. The molecule has 0 bridgehead atoms. The van der Waals surface area contributed by atoms with Crippen LogP contribution >= 0.6 is 0 Å². The van der Waals surface area contributed by atoms with Gasteiger partial charge in [-0.15, -0.1) is 0 Å². The minimum atomic E-state index is -0.922. The number of carbonyl (C=O) groups is 2. The van der Waals surface area contributed by atoms with E-state index in [1.165, 1.54) is 6.92 Å². The highest BCUT2D eigenvalue weighted by Gasteiger charge is 2.13. The maximum atomic E-state index is 11.9. The lowest BCUT2D eigenvalue weighted by atomic mass is 9.95. The molecule has 0 aromatic heterocycles. The first-order valence-corrected chi connectivity index (χ1v) is 13.8. The van der Waals surface area contributed by atoms with Crippen molar-refractivity contribution in [3.05, 3.63) is 150 Å². The number of para-hydroxylation sites is 2. The van der Waals surface area contributed by atoms with Crippen molar-refractivity contribution < 1.29 is 23.8 Å². The van der Waals surface area contributed by atoms with Gasteiger partial charge < -0.3 is 19.1 Å². The number of nitrogens with zero attached hydrogens (tertiary/aromatic N) is 1. The van der Waals surface area contributed by atoms with Gasteiger partial charge in [0.05, 0.1) is 7.11 Å². The average molecular weight is 570 g/mol. The minimum Gasteiger partial charge on any atom is -0.497 e. The first kappa shape index (κ1) is 28.9. The van der Waals surface area contributed by atoms with Crippen molar-refractivity contribution in [3.8, 4) is 11.5 Å². The van der Waals surface area contributed by atoms with E-state index in [4.69, 9.17) is 14.2 Å². The smallest absolute Gasteiger partial charge is 0.497 e. The Balaban J connectivity index is 1.46. The maximum Gasteiger partial charge on any atom is 0.514 e. The predicted octanol–water partition coefficient (Wildman–Crippen LogP) is 8.86. The van der Waals surface area contributed by atoms with E-state index in [1.54, 1.807) is 19.2 Å². The fourth-order valence-corrected chi connectivity index (χ4v) is 4.58. The molecular formula is C37H31NO5. The summed E-state index contributed by atoms with van der Waals surface area (Å²) in [7, 11) is 1.64. The molecule has 6 nitrogen and oxygen atoms in total. The van der Waals surface area contributed by atoms with Crippen LogP contribution in [0.2, 0.25) is 0 Å². The van der Waals surface area contributed by atoms with Crippen LogP contribution in [0.25, 0.3) is 11.6 Å². The zero-order chi connectivity index (χ0) is 30.0. The highest BCUT2D eigenvalue weighted by molar-refractivity contribution is 5.92. The molecule has 43 heavy (non-hydrogen) atoms. The summed E-state index contributed by atoms with van der Waals surface area (Å²) in [6, 6.07) is 44.0. The summed E-state index contributed by atoms with van der Waals surface area (Å²) in [5, 5.41) is 0. The fraction of sp³-hybridized carbons (Fsp3) is 0.0811. The van der Waals surface area contributed by atoms with Crippen molar-refractivity contribution in [2.24, 2.45) is 0 Å². The molecule has 5 aromatic carbocycles. The molecule has 0 atom stereocenters. The molecule has 0 aliphatic carbocycles. The number of ether oxygens (including phenoxy) is 3. The highest BCUT2D eigenvalue weighted by Crippen LogP contribution is 2.35. The predicted molar refractivity (Wildman–Crippen MR) is 170 cm³/mol. The number of rotatable bonds is 10. The molecule has 0 heterocycles. The zero-order valence-electron chi connectivity index (χ0n) is 24.0. The Labute approximate surface area is 251 Å². The van der Waals surface area contributed by atoms with Gasteiger partial charge >= 0.3 is 6.16 Å². The molecule has 5 rings (SSSR count). The Morgan fingerprint density at radius 3 is 1.60 bits per heavy atom. The van der Waals surface area contributed by atoms with Crippen LogP contribution < -0.4 is 14.4 Å². The molecule has 0 saturated heterocycles. The fourth-order valence-electron chi connectivity index (χ4n) is 4.58. The Bertz CT molecular complexity index is 1640. The largest absolute Gasteiger partial charge is 0.514 e. The molecule has 5 aromatic rings. The van der Waals surface area contributed by atoms with Crippen LogP contribution in [0.5, 0.6) is 11.5 Å². The quantitative estimate of drug-likeness (QED) is 0.0951. The normalized spacial score (nSPS) is 11.0. The van der Waals surface area contributed by atoms with Gasteiger partial charge in [-0.2, -0.15) is 0 Å². The van der Waals surface area contributed by atoms with Crippen molar-refractivity contribution in [1.29, 1.82) is 0 Å². The van der Waals surface area contributed by atoms with Crippen molar-refractivity contribution in [1.82, 2.24) is 0 Å². The number of benzene rings is 5. The highest BCUT2D eigenvalue weighted by atomic mass is 16.7. The second kappa shape index (κ2) is 13.8. The molecule has 6 heteroatoms. The summed E-state index contributed by atoms with van der Waals surface area (Å²) in [6.45, 7) is 1.01. The second-order valence-electron chi connectivity index (χ2n) is 9.75. The number of ketones is 1. The first-order chi connectivity index (χ1) is 21.0. The van der Waals surface area contributed by atoms with E-state index < -0.39 is 6.16 Å². The lowest BCUT2D eigenvalue weighted by Crippen LogP contribution is -2.15. The van der Waals surface area contributed by atoms with E-state index in [0.717, 1.165) is 45.1 Å². The number of carbonyl (C=O) groups excluding carboxylic acids is 2. The van der Waals surface area contributed by atoms with Gasteiger partial charge in [-0.05, 0) is 95.9 Å². The van der Waals surface area contributed by atoms with Gasteiger partial charge in [0, 0.05) is 17.1 Å². The van der Waals surface area contributed by atoms with E-state index in [2.05, 4.69) is 59.5 Å². The number of Topliss-reactive ketones (excluding diaryl/α,β-unsaturated/α-hetero) is 1. The molecule has 0 spiro atoms. The Hall–Kier alpha value is -5.62. The van der Waals surface area contributed by atoms with Gasteiger partial charge in [-0.3, -0.25) is 4.79 Å². The summed E-state index contributed by atoms with van der Waals surface area (Å²) in [4.78, 5) is 25.2. The van der Waals surface area contributed by atoms with E-state index in [0.29, 0.717) is 5.75 Å². The van der Waals surface area contributed by atoms with Gasteiger partial charge in [0.2, 0.25) is 0 Å². The van der Waals surface area contributed by atoms with Crippen molar-refractivity contribution in [2.45, 2.75) is 6.92 Å². The molecule has 0 fully saturated rings. The molecule has 0 amide bonds. The summed E-state index contributed by atoms with van der Waals surface area (Å²) in [5.74, 6) is 0.822. The standard InChI is InChI=1S/C37H31NO5/c1-27(39)26-42-37(40)43-35-23-17-30(18-24-35)36(29-15-21-34(41-2)22-16-29)25-28-13-19-33(20-14-28)38(31-9-5-3-6-10-31)32-11-7-4-8-12-32/h3-25H,26H2,1-2H3. The van der Waals surface area contributed by atoms with Gasteiger partial charge in [0.1, 0.15) is 11.5 Å². The van der Waals surface area contributed by atoms with Crippen LogP contribution in [0.1, 0.15) is 23.6 Å². The van der Waals surface area contributed by atoms with Crippen molar-refractivity contribution in [2.75, 3.05) is 18.6 Å². The third-order valence-corrected chi connectivity index (χ3v) is 6.65. The minimum absolute atomic E-state index is 0.262. The lowest BCUT2D eigenvalue weighted by Gasteiger charge is -2.25. The van der Waals surface area contributed by atoms with Gasteiger partial charge in [-0.25, -0.2) is 4.79 Å². The Morgan fingerprint density at radius 1 is 0.628 bits per heavy atom. The van der Waals surface area contributed by atoms with E-state index in [-0.39, 0.29) is 12.4 Å². The molecule has 214 valence electrons. The topological polar surface area (TPSA) is 65.1 Å². The molecule has 0 saturated carbocycles. The molecule has 0 N–H and O–H groups in total. The number of anilines is 3. The van der Waals surface area contributed by atoms with E-state index in [9.17, 15) is 9.59 Å². The van der Waals surface area contributed by atoms with Crippen LogP contribution in [0.4, 0.5) is 21.9 Å². The van der Waals surface area contributed by atoms with E-state index >= 15 is 0 Å². The van der Waals surface area contributed by atoms with Gasteiger partial charge in [-0.1, -0.05) is 72.8 Å². The molecule has 0 aliphatic heterocycles. The van der Waals surface area contributed by atoms with E-state index in [1.807, 2.05) is 72.8 Å².